The van der Waals surface area contributed by atoms with Gasteiger partial charge in [-0.2, -0.15) is 5.26 Å². The van der Waals surface area contributed by atoms with Gasteiger partial charge < -0.3 is 10.1 Å². The van der Waals surface area contributed by atoms with E-state index in [1.165, 1.54) is 6.07 Å². The molecule has 0 atom stereocenters. The van der Waals surface area contributed by atoms with E-state index in [-0.39, 0.29) is 10.7 Å². The third kappa shape index (κ3) is 3.72. The largest absolute Gasteiger partial charge is 0.452 e. The molecule has 1 heterocycles. The number of aromatic nitrogens is 1. The van der Waals surface area contributed by atoms with Gasteiger partial charge in [0.15, 0.2) is 6.61 Å². The molecule has 0 aliphatic heterocycles. The van der Waals surface area contributed by atoms with Gasteiger partial charge in [0.25, 0.3) is 5.91 Å². The number of carbonyl (C=O) groups excluding carboxylic acids is 2. The van der Waals surface area contributed by atoms with Crippen LogP contribution in [-0.4, -0.2) is 29.0 Å². The lowest BCUT2D eigenvalue weighted by Crippen LogP contribution is -2.46. The van der Waals surface area contributed by atoms with Crippen LogP contribution in [-0.2, 0) is 9.53 Å². The number of nitrogens with zero attached hydrogens (tertiary/aromatic N) is 2. The van der Waals surface area contributed by atoms with Crippen LogP contribution in [0.5, 0.6) is 0 Å². The Hall–Kier alpha value is -2.65. The Balaban J connectivity index is 1.69. The summed E-state index contributed by atoms with van der Waals surface area (Å²) < 4.78 is 5.11. The summed E-state index contributed by atoms with van der Waals surface area (Å²) in [5, 5.41) is 12.7. The standard InChI is InChI=1S/C18H16ClN3O3/c19-15-9-13(12-5-1-2-6-14(12)21-15)17(24)25-10-16(23)22-18(11-20)7-3-4-8-18/h1-2,5-6,9H,3-4,7-8,10H2,(H,22,23). The molecule has 2 aromatic rings. The molecule has 1 amide bonds. The van der Waals surface area contributed by atoms with Crippen LogP contribution >= 0.6 is 11.6 Å². The van der Waals surface area contributed by atoms with Crippen LogP contribution in [0.3, 0.4) is 0 Å². The first-order valence-electron chi connectivity index (χ1n) is 7.98. The van der Waals surface area contributed by atoms with Crippen molar-refractivity contribution in [1.82, 2.24) is 10.3 Å². The lowest BCUT2D eigenvalue weighted by atomic mass is 10.00. The number of benzene rings is 1. The fourth-order valence-corrected chi connectivity index (χ4v) is 3.27. The van der Waals surface area contributed by atoms with Crippen LogP contribution < -0.4 is 5.32 Å². The molecule has 0 saturated heterocycles. The fourth-order valence-electron chi connectivity index (χ4n) is 3.07. The van der Waals surface area contributed by atoms with E-state index in [4.69, 9.17) is 16.3 Å². The van der Waals surface area contributed by atoms with Crippen molar-refractivity contribution >= 4 is 34.4 Å². The van der Waals surface area contributed by atoms with Crippen molar-refractivity contribution in [2.45, 2.75) is 31.2 Å². The van der Waals surface area contributed by atoms with Crippen molar-refractivity contribution < 1.29 is 14.3 Å². The second kappa shape index (κ2) is 7.08. The SMILES string of the molecule is N#CC1(NC(=O)COC(=O)c2cc(Cl)nc3ccccc23)CCCC1. The number of carbonyl (C=O) groups is 2. The van der Waals surface area contributed by atoms with E-state index in [0.717, 1.165) is 12.8 Å². The minimum absolute atomic E-state index is 0.171. The van der Waals surface area contributed by atoms with Gasteiger partial charge in [-0.05, 0) is 37.8 Å². The zero-order valence-corrected chi connectivity index (χ0v) is 14.2. The predicted molar refractivity (Wildman–Crippen MR) is 92.0 cm³/mol. The number of nitriles is 1. The molecular formula is C18H16ClN3O3. The topological polar surface area (TPSA) is 92.1 Å². The maximum absolute atomic E-state index is 12.3. The lowest BCUT2D eigenvalue weighted by Gasteiger charge is -2.21. The first-order valence-corrected chi connectivity index (χ1v) is 8.35. The maximum atomic E-state index is 12.3. The third-order valence-electron chi connectivity index (χ3n) is 4.29. The predicted octanol–water partition coefficient (Wildman–Crippen LogP) is 3.00. The summed E-state index contributed by atoms with van der Waals surface area (Å²) >= 11 is 5.95. The van der Waals surface area contributed by atoms with E-state index >= 15 is 0 Å². The van der Waals surface area contributed by atoms with Crippen molar-refractivity contribution in [3.63, 3.8) is 0 Å². The van der Waals surface area contributed by atoms with E-state index in [1.54, 1.807) is 24.3 Å². The minimum Gasteiger partial charge on any atom is -0.452 e. The summed E-state index contributed by atoms with van der Waals surface area (Å²) in [6.45, 7) is -0.448. The summed E-state index contributed by atoms with van der Waals surface area (Å²) in [4.78, 5) is 28.5. The van der Waals surface area contributed by atoms with Crippen molar-refractivity contribution in [2.75, 3.05) is 6.61 Å². The zero-order valence-electron chi connectivity index (χ0n) is 13.4. The molecule has 6 nitrogen and oxygen atoms in total. The number of pyridine rings is 1. The number of amides is 1. The summed E-state index contributed by atoms with van der Waals surface area (Å²) in [5.74, 6) is -1.14. The van der Waals surface area contributed by atoms with Crippen LogP contribution in [0.25, 0.3) is 10.9 Å². The van der Waals surface area contributed by atoms with Crippen LogP contribution in [0.15, 0.2) is 30.3 Å². The first kappa shape index (κ1) is 17.2. The van der Waals surface area contributed by atoms with Gasteiger partial charge in [0, 0.05) is 5.39 Å². The number of para-hydroxylation sites is 1. The Labute approximate surface area is 149 Å². The molecule has 0 spiro atoms. The number of hydrogen-bond donors (Lipinski definition) is 1. The molecule has 128 valence electrons. The summed E-state index contributed by atoms with van der Waals surface area (Å²) in [6, 6.07) is 10.6. The quantitative estimate of drug-likeness (QED) is 0.670. The van der Waals surface area contributed by atoms with Gasteiger partial charge in [-0.1, -0.05) is 29.8 Å². The van der Waals surface area contributed by atoms with Gasteiger partial charge in [0.2, 0.25) is 0 Å². The number of nitrogens with one attached hydrogen (secondary N) is 1. The number of ether oxygens (including phenoxy) is 1. The van der Waals surface area contributed by atoms with E-state index in [2.05, 4.69) is 16.4 Å². The van der Waals surface area contributed by atoms with Crippen LogP contribution in [0, 0.1) is 11.3 Å². The molecule has 25 heavy (non-hydrogen) atoms. The van der Waals surface area contributed by atoms with Crippen molar-refractivity contribution in [3.05, 3.63) is 41.0 Å². The molecule has 0 radical (unpaired) electrons. The smallest absolute Gasteiger partial charge is 0.339 e. The molecular weight excluding hydrogens is 342 g/mol. The van der Waals surface area contributed by atoms with Gasteiger partial charge in [0.1, 0.15) is 10.7 Å². The Morgan fingerprint density at radius 3 is 2.76 bits per heavy atom. The van der Waals surface area contributed by atoms with Gasteiger partial charge in [-0.25, -0.2) is 9.78 Å². The minimum atomic E-state index is -0.837. The molecule has 1 fully saturated rings. The molecule has 1 N–H and O–H groups in total. The summed E-state index contributed by atoms with van der Waals surface area (Å²) in [7, 11) is 0. The van der Waals surface area contributed by atoms with Crippen molar-refractivity contribution in [1.29, 1.82) is 5.26 Å². The van der Waals surface area contributed by atoms with Crippen molar-refractivity contribution in [3.8, 4) is 6.07 Å². The van der Waals surface area contributed by atoms with Gasteiger partial charge in [-0.15, -0.1) is 0 Å². The number of hydrogen-bond acceptors (Lipinski definition) is 5. The van der Waals surface area contributed by atoms with Gasteiger partial charge >= 0.3 is 5.97 Å². The Morgan fingerprint density at radius 2 is 2.04 bits per heavy atom. The molecule has 1 saturated carbocycles. The average molecular weight is 358 g/mol. The van der Waals surface area contributed by atoms with Crippen LogP contribution in [0.1, 0.15) is 36.0 Å². The number of halogens is 1. The first-order chi connectivity index (χ1) is 12.0. The van der Waals surface area contributed by atoms with E-state index < -0.39 is 24.0 Å². The Morgan fingerprint density at radius 1 is 1.32 bits per heavy atom. The highest BCUT2D eigenvalue weighted by atomic mass is 35.5. The summed E-state index contributed by atoms with van der Waals surface area (Å²) in [6.07, 6.45) is 3.03. The summed E-state index contributed by atoms with van der Waals surface area (Å²) in [5.41, 5.74) is -0.0176. The molecule has 0 bridgehead atoms. The highest BCUT2D eigenvalue weighted by Gasteiger charge is 2.35. The highest BCUT2D eigenvalue weighted by molar-refractivity contribution is 6.30. The zero-order chi connectivity index (χ0) is 17.9. The Bertz CT molecular complexity index is 869. The van der Waals surface area contributed by atoms with E-state index in [9.17, 15) is 14.9 Å². The van der Waals surface area contributed by atoms with Crippen molar-refractivity contribution in [2.24, 2.45) is 0 Å². The van der Waals surface area contributed by atoms with Crippen LogP contribution in [0.2, 0.25) is 5.15 Å². The van der Waals surface area contributed by atoms with Gasteiger partial charge in [-0.3, -0.25) is 4.79 Å². The number of esters is 1. The number of rotatable bonds is 4. The highest BCUT2D eigenvalue weighted by Crippen LogP contribution is 2.28. The molecule has 1 aromatic heterocycles. The molecule has 1 aliphatic carbocycles. The van der Waals surface area contributed by atoms with Crippen LogP contribution in [0.4, 0.5) is 0 Å². The van der Waals surface area contributed by atoms with E-state index in [0.29, 0.717) is 23.7 Å². The molecule has 1 aliphatic rings. The third-order valence-corrected chi connectivity index (χ3v) is 4.48. The monoisotopic (exact) mass is 357 g/mol. The molecule has 0 unspecified atom stereocenters. The molecule has 7 heteroatoms. The van der Waals surface area contributed by atoms with Gasteiger partial charge in [0.05, 0.1) is 17.1 Å². The second-order valence-electron chi connectivity index (χ2n) is 6.04. The molecule has 3 rings (SSSR count). The lowest BCUT2D eigenvalue weighted by molar-refractivity contribution is -0.125. The maximum Gasteiger partial charge on any atom is 0.339 e. The fraction of sp³-hybridized carbons (Fsp3) is 0.333. The Kier molecular flexibility index (Phi) is 4.86. The van der Waals surface area contributed by atoms with E-state index in [1.807, 2.05) is 0 Å². The second-order valence-corrected chi connectivity index (χ2v) is 6.42. The average Bonchev–Trinajstić information content (AvgIpc) is 3.08. The normalized spacial score (nSPS) is 15.5. The number of fused-ring (bicyclic) bond motifs is 1. The molecule has 1 aromatic carbocycles.